The quantitative estimate of drug-likeness (QED) is 0.123. The number of esters is 2. The molecule has 0 aromatic carbocycles. The highest BCUT2D eigenvalue weighted by Gasteiger charge is 2.51. The zero-order valence-electron chi connectivity index (χ0n) is 28.6. The Bertz CT molecular complexity index is 833. The maximum Gasteiger partial charge on any atom is 0.457 e. The predicted molar refractivity (Wildman–Crippen MR) is 166 cm³/mol. The third-order valence-corrected chi connectivity index (χ3v) is 13.0. The Morgan fingerprint density at radius 3 is 1.68 bits per heavy atom. The van der Waals surface area contributed by atoms with Crippen molar-refractivity contribution in [3.8, 4) is 0 Å². The standard InChI is InChI=1S/C31H61BO7Si/c1-26(2,3)36-24(33)23-31(25(34)37-27(4,5)6,20-18-22-35-40(14,15)28(7,8)9)19-16-17-21-32-38-29(10,11)30(12,13)39-32/h16-23H2,1-15H3. The average molecular weight is 585 g/mol. The molecule has 0 aliphatic carbocycles. The number of hydrogen-bond donors (Lipinski definition) is 0. The first kappa shape index (κ1) is 37.1. The zero-order chi connectivity index (χ0) is 31.4. The molecule has 9 heteroatoms. The zero-order valence-corrected chi connectivity index (χ0v) is 29.6. The van der Waals surface area contributed by atoms with E-state index in [1.165, 1.54) is 0 Å². The molecule has 0 amide bonds. The molecule has 1 atom stereocenters. The van der Waals surface area contributed by atoms with Crippen LogP contribution in [-0.4, -0.2) is 56.4 Å². The van der Waals surface area contributed by atoms with Crippen LogP contribution in [0.25, 0.3) is 0 Å². The van der Waals surface area contributed by atoms with Crippen molar-refractivity contribution in [1.29, 1.82) is 0 Å². The Kier molecular flexibility index (Phi) is 12.2. The van der Waals surface area contributed by atoms with Gasteiger partial charge in [-0.05, 0) is 113 Å². The first-order valence-corrected chi connectivity index (χ1v) is 18.1. The molecular weight excluding hydrogens is 523 g/mol. The van der Waals surface area contributed by atoms with Gasteiger partial charge >= 0.3 is 19.1 Å². The number of ether oxygens (including phenoxy) is 2. The van der Waals surface area contributed by atoms with Crippen LogP contribution in [0.1, 0.15) is 129 Å². The van der Waals surface area contributed by atoms with Crippen LogP contribution < -0.4 is 0 Å². The van der Waals surface area contributed by atoms with Crippen molar-refractivity contribution >= 4 is 27.4 Å². The van der Waals surface area contributed by atoms with Gasteiger partial charge in [-0.3, -0.25) is 9.59 Å². The Hall–Kier alpha value is -0.898. The molecule has 0 saturated carbocycles. The first-order valence-electron chi connectivity index (χ1n) is 15.2. The summed E-state index contributed by atoms with van der Waals surface area (Å²) in [7, 11) is -2.22. The van der Waals surface area contributed by atoms with Crippen molar-refractivity contribution in [3.63, 3.8) is 0 Å². The molecule has 1 unspecified atom stereocenters. The summed E-state index contributed by atoms with van der Waals surface area (Å²) in [5, 5.41) is 0.0965. The fourth-order valence-corrected chi connectivity index (χ4v) is 5.52. The Labute approximate surface area is 247 Å². The van der Waals surface area contributed by atoms with Crippen LogP contribution in [0.4, 0.5) is 0 Å². The van der Waals surface area contributed by atoms with Crippen molar-refractivity contribution in [2.24, 2.45) is 5.41 Å². The summed E-state index contributed by atoms with van der Waals surface area (Å²) in [5.41, 5.74) is -3.06. The van der Waals surface area contributed by atoms with Crippen LogP contribution in [-0.2, 0) is 32.8 Å². The minimum atomic E-state index is -1.94. The lowest BCUT2D eigenvalue weighted by atomic mass is 9.74. The molecule has 0 aromatic heterocycles. The van der Waals surface area contributed by atoms with Crippen LogP contribution in [0.5, 0.6) is 0 Å². The van der Waals surface area contributed by atoms with Crippen molar-refractivity contribution in [2.45, 2.75) is 175 Å². The summed E-state index contributed by atoms with van der Waals surface area (Å²) in [5.74, 6) is -0.719. The monoisotopic (exact) mass is 584 g/mol. The van der Waals surface area contributed by atoms with E-state index in [9.17, 15) is 9.59 Å². The van der Waals surface area contributed by atoms with Crippen LogP contribution in [0.3, 0.4) is 0 Å². The lowest BCUT2D eigenvalue weighted by Gasteiger charge is -2.37. The van der Waals surface area contributed by atoms with Crippen molar-refractivity contribution in [3.05, 3.63) is 0 Å². The van der Waals surface area contributed by atoms with Gasteiger partial charge in [0, 0.05) is 6.61 Å². The van der Waals surface area contributed by atoms with E-state index >= 15 is 0 Å². The molecule has 40 heavy (non-hydrogen) atoms. The van der Waals surface area contributed by atoms with E-state index in [1.54, 1.807) is 0 Å². The highest BCUT2D eigenvalue weighted by molar-refractivity contribution is 6.74. The fraction of sp³-hybridized carbons (Fsp3) is 0.935. The molecule has 7 nitrogen and oxygen atoms in total. The van der Waals surface area contributed by atoms with Gasteiger partial charge in [0.25, 0.3) is 0 Å². The number of hydrogen-bond acceptors (Lipinski definition) is 7. The summed E-state index contributed by atoms with van der Waals surface area (Å²) in [6.07, 6.45) is 3.90. The Morgan fingerprint density at radius 1 is 0.750 bits per heavy atom. The van der Waals surface area contributed by atoms with Crippen LogP contribution >= 0.6 is 0 Å². The van der Waals surface area contributed by atoms with Gasteiger partial charge in [0.05, 0.1) is 23.0 Å². The summed E-state index contributed by atoms with van der Waals surface area (Å²) in [4.78, 5) is 27.0. The summed E-state index contributed by atoms with van der Waals surface area (Å²) >= 11 is 0. The van der Waals surface area contributed by atoms with Crippen LogP contribution in [0, 0.1) is 5.41 Å². The summed E-state index contributed by atoms with van der Waals surface area (Å²) < 4.78 is 30.4. The van der Waals surface area contributed by atoms with Gasteiger partial charge in [-0.15, -0.1) is 0 Å². The second-order valence-corrected chi connectivity index (χ2v) is 21.0. The number of carbonyl (C=O) groups excluding carboxylic acids is 2. The normalized spacial score (nSPS) is 19.3. The molecule has 1 rings (SSSR count). The van der Waals surface area contributed by atoms with Crippen LogP contribution in [0.2, 0.25) is 24.5 Å². The van der Waals surface area contributed by atoms with E-state index in [2.05, 4.69) is 33.9 Å². The van der Waals surface area contributed by atoms with Gasteiger partial charge in [-0.1, -0.05) is 33.6 Å². The highest BCUT2D eigenvalue weighted by atomic mass is 28.4. The van der Waals surface area contributed by atoms with Gasteiger partial charge in [0.1, 0.15) is 11.2 Å². The van der Waals surface area contributed by atoms with Crippen molar-refractivity contribution in [2.75, 3.05) is 6.61 Å². The number of unbranched alkanes of at least 4 members (excludes halogenated alkanes) is 1. The maximum absolute atomic E-state index is 13.8. The molecule has 0 spiro atoms. The summed E-state index contributed by atoms with van der Waals surface area (Å²) in [6.45, 7) is 31.0. The molecule has 0 N–H and O–H groups in total. The SMILES string of the molecule is CC(C)(C)OC(=O)CC(CCCCB1OC(C)(C)C(C)(C)O1)(CCCO[Si](C)(C)C(C)(C)C)C(=O)OC(C)(C)C. The molecule has 1 aliphatic rings. The number of carbonyl (C=O) groups is 2. The topological polar surface area (TPSA) is 80.3 Å². The maximum atomic E-state index is 13.8. The lowest BCUT2D eigenvalue weighted by molar-refractivity contribution is -0.176. The van der Waals surface area contributed by atoms with E-state index in [0.29, 0.717) is 25.9 Å². The minimum Gasteiger partial charge on any atom is -0.460 e. The Morgan fingerprint density at radius 2 is 1.23 bits per heavy atom. The van der Waals surface area contributed by atoms with E-state index in [0.717, 1.165) is 19.2 Å². The second kappa shape index (κ2) is 13.2. The van der Waals surface area contributed by atoms with Gasteiger partial charge < -0.3 is 23.2 Å². The smallest absolute Gasteiger partial charge is 0.457 e. The molecular formula is C31H61BO7Si. The molecule has 0 radical (unpaired) electrons. The minimum absolute atomic E-state index is 0.0181. The average Bonchev–Trinajstić information content (AvgIpc) is 2.90. The fourth-order valence-electron chi connectivity index (χ4n) is 4.43. The van der Waals surface area contributed by atoms with Gasteiger partial charge in [0.2, 0.25) is 0 Å². The molecule has 1 heterocycles. The largest absolute Gasteiger partial charge is 0.460 e. The first-order chi connectivity index (χ1) is 17.7. The van der Waals surface area contributed by atoms with E-state index in [-0.39, 0.29) is 41.7 Å². The molecule has 234 valence electrons. The lowest BCUT2D eigenvalue weighted by Crippen LogP contribution is -2.42. The van der Waals surface area contributed by atoms with Gasteiger partial charge in [0.15, 0.2) is 8.32 Å². The van der Waals surface area contributed by atoms with Gasteiger partial charge in [-0.25, -0.2) is 0 Å². The Balaban J connectivity index is 3.11. The molecule has 0 aromatic rings. The van der Waals surface area contributed by atoms with E-state index in [1.807, 2.05) is 69.2 Å². The molecule has 1 saturated heterocycles. The van der Waals surface area contributed by atoms with Crippen molar-refractivity contribution in [1.82, 2.24) is 0 Å². The summed E-state index contributed by atoms with van der Waals surface area (Å²) in [6, 6.07) is 0. The van der Waals surface area contributed by atoms with Crippen LogP contribution in [0.15, 0.2) is 0 Å². The van der Waals surface area contributed by atoms with E-state index in [4.69, 9.17) is 23.2 Å². The second-order valence-electron chi connectivity index (χ2n) is 16.2. The molecule has 1 aliphatic heterocycles. The predicted octanol–water partition coefficient (Wildman–Crippen LogP) is 8.11. The molecule has 1 fully saturated rings. The third kappa shape index (κ3) is 11.4. The number of rotatable bonds is 13. The van der Waals surface area contributed by atoms with E-state index < -0.39 is 24.9 Å². The molecule has 0 bridgehead atoms. The third-order valence-electron chi connectivity index (χ3n) is 8.45. The van der Waals surface area contributed by atoms with Crippen molar-refractivity contribution < 1.29 is 32.8 Å². The highest BCUT2D eigenvalue weighted by Crippen LogP contribution is 2.42. The van der Waals surface area contributed by atoms with Gasteiger partial charge in [-0.2, -0.15) is 0 Å².